The summed E-state index contributed by atoms with van der Waals surface area (Å²) in [5, 5.41) is 9.81. The summed E-state index contributed by atoms with van der Waals surface area (Å²) in [6.07, 6.45) is 3.30. The molecule has 0 spiro atoms. The van der Waals surface area contributed by atoms with Gasteiger partial charge in [0.1, 0.15) is 5.60 Å². The Bertz CT molecular complexity index is 372. The third-order valence-corrected chi connectivity index (χ3v) is 2.73. The highest BCUT2D eigenvalue weighted by Crippen LogP contribution is 2.24. The van der Waals surface area contributed by atoms with Gasteiger partial charge in [0, 0.05) is 0 Å². The van der Waals surface area contributed by atoms with Crippen molar-refractivity contribution in [2.45, 2.75) is 45.3 Å². The maximum Gasteiger partial charge on any atom is 0.432 e. The van der Waals surface area contributed by atoms with Gasteiger partial charge in [0.05, 0.1) is 19.1 Å². The fourth-order valence-electron chi connectivity index (χ4n) is 1.93. The quantitative estimate of drug-likeness (QED) is 0.484. The van der Waals surface area contributed by atoms with Crippen LogP contribution in [0.25, 0.3) is 0 Å². The lowest BCUT2D eigenvalue weighted by Gasteiger charge is -2.29. The number of hydroxylamine groups is 2. The molecule has 0 radical (unpaired) electrons. The van der Waals surface area contributed by atoms with Crippen LogP contribution in [0.2, 0.25) is 0 Å². The standard InChI is InChI=1S/C13H21NO5/c1-13(2,3)19-11(15)9-5-7-10(8-6-9)14(18-4)12(16)17/h5,7,9-10H,6,8H2,1-4H3,(H,16,17). The summed E-state index contributed by atoms with van der Waals surface area (Å²) in [6.45, 7) is 5.45. The van der Waals surface area contributed by atoms with Crippen LogP contribution in [0.4, 0.5) is 4.79 Å². The number of amides is 1. The number of esters is 1. The number of carbonyl (C=O) groups excluding carboxylic acids is 1. The summed E-state index contributed by atoms with van der Waals surface area (Å²) in [6, 6.07) is -0.360. The molecular formula is C13H21NO5. The predicted octanol–water partition coefficient (Wildman–Crippen LogP) is 2.20. The first kappa shape index (κ1) is 15.5. The number of carboxylic acid groups (broad SMARTS) is 1. The van der Waals surface area contributed by atoms with E-state index in [0.29, 0.717) is 12.8 Å². The molecule has 1 rings (SSSR count). The maximum absolute atomic E-state index is 11.9. The van der Waals surface area contributed by atoms with Gasteiger partial charge in [-0.05, 0) is 33.6 Å². The molecule has 6 nitrogen and oxygen atoms in total. The van der Waals surface area contributed by atoms with E-state index < -0.39 is 11.7 Å². The Kier molecular flexibility index (Phi) is 4.94. The van der Waals surface area contributed by atoms with Crippen LogP contribution >= 0.6 is 0 Å². The second-order valence-electron chi connectivity index (χ2n) is 5.46. The van der Waals surface area contributed by atoms with Crippen LogP contribution in [0.3, 0.4) is 0 Å². The summed E-state index contributed by atoms with van der Waals surface area (Å²) >= 11 is 0. The van der Waals surface area contributed by atoms with Crippen molar-refractivity contribution in [3.63, 3.8) is 0 Å². The van der Waals surface area contributed by atoms with Crippen molar-refractivity contribution in [3.05, 3.63) is 12.2 Å². The summed E-state index contributed by atoms with van der Waals surface area (Å²) in [5.74, 6) is -0.593. The van der Waals surface area contributed by atoms with Gasteiger partial charge >= 0.3 is 12.1 Å². The van der Waals surface area contributed by atoms with Crippen LogP contribution in [0.5, 0.6) is 0 Å². The van der Waals surface area contributed by atoms with Crippen molar-refractivity contribution in [1.82, 2.24) is 5.06 Å². The van der Waals surface area contributed by atoms with Crippen molar-refractivity contribution in [3.8, 4) is 0 Å². The highest BCUT2D eigenvalue weighted by Gasteiger charge is 2.30. The van der Waals surface area contributed by atoms with E-state index in [0.717, 1.165) is 5.06 Å². The molecule has 1 aliphatic carbocycles. The van der Waals surface area contributed by atoms with Gasteiger partial charge in [0.15, 0.2) is 0 Å². The normalized spacial score (nSPS) is 22.9. The Morgan fingerprint density at radius 1 is 1.26 bits per heavy atom. The minimum absolute atomic E-state index is 0.276. The molecule has 0 aliphatic heterocycles. The highest BCUT2D eigenvalue weighted by atomic mass is 16.7. The number of nitrogens with zero attached hydrogens (tertiary/aromatic N) is 1. The summed E-state index contributed by atoms with van der Waals surface area (Å²) in [5.41, 5.74) is -0.512. The van der Waals surface area contributed by atoms with Gasteiger partial charge in [0.25, 0.3) is 0 Å². The molecule has 0 saturated heterocycles. The van der Waals surface area contributed by atoms with E-state index in [1.165, 1.54) is 7.11 Å². The van der Waals surface area contributed by atoms with E-state index >= 15 is 0 Å². The number of hydrogen-bond acceptors (Lipinski definition) is 4. The van der Waals surface area contributed by atoms with Crippen LogP contribution in [0.1, 0.15) is 33.6 Å². The van der Waals surface area contributed by atoms with E-state index in [1.807, 2.05) is 20.8 Å². The second kappa shape index (κ2) is 6.06. The molecule has 2 unspecified atom stereocenters. The smallest absolute Gasteiger partial charge is 0.432 e. The Hall–Kier alpha value is -1.56. The van der Waals surface area contributed by atoms with Gasteiger partial charge in [0.2, 0.25) is 0 Å². The van der Waals surface area contributed by atoms with E-state index in [2.05, 4.69) is 0 Å². The first-order chi connectivity index (χ1) is 8.74. The molecule has 0 heterocycles. The first-order valence-electron chi connectivity index (χ1n) is 6.22. The maximum atomic E-state index is 11.9. The van der Waals surface area contributed by atoms with Crippen molar-refractivity contribution < 1.29 is 24.3 Å². The van der Waals surface area contributed by atoms with Gasteiger partial charge < -0.3 is 9.84 Å². The lowest BCUT2D eigenvalue weighted by molar-refractivity contribution is -0.159. The third kappa shape index (κ3) is 4.55. The molecule has 6 heteroatoms. The zero-order valence-corrected chi connectivity index (χ0v) is 11.8. The molecule has 0 fully saturated rings. The van der Waals surface area contributed by atoms with E-state index in [4.69, 9.17) is 14.7 Å². The van der Waals surface area contributed by atoms with Gasteiger partial charge in [-0.25, -0.2) is 4.79 Å². The monoisotopic (exact) mass is 271 g/mol. The first-order valence-corrected chi connectivity index (χ1v) is 6.22. The molecule has 0 bridgehead atoms. The molecule has 0 saturated carbocycles. The number of carbonyl (C=O) groups is 2. The Labute approximate surface area is 112 Å². The number of hydrogen-bond donors (Lipinski definition) is 1. The van der Waals surface area contributed by atoms with Gasteiger partial charge in [-0.1, -0.05) is 12.2 Å². The van der Waals surface area contributed by atoms with E-state index in [1.54, 1.807) is 12.2 Å². The molecule has 0 aromatic heterocycles. The lowest BCUT2D eigenvalue weighted by Crippen LogP contribution is -2.40. The Morgan fingerprint density at radius 2 is 1.89 bits per heavy atom. The van der Waals surface area contributed by atoms with E-state index in [-0.39, 0.29) is 17.9 Å². The number of ether oxygens (including phenoxy) is 1. The van der Waals surface area contributed by atoms with Crippen LogP contribution < -0.4 is 0 Å². The van der Waals surface area contributed by atoms with Crippen molar-refractivity contribution in [1.29, 1.82) is 0 Å². The minimum Gasteiger partial charge on any atom is -0.463 e. The van der Waals surface area contributed by atoms with E-state index in [9.17, 15) is 9.59 Å². The zero-order valence-electron chi connectivity index (χ0n) is 11.8. The van der Waals surface area contributed by atoms with Crippen LogP contribution in [0.15, 0.2) is 12.2 Å². The highest BCUT2D eigenvalue weighted by molar-refractivity contribution is 5.75. The topological polar surface area (TPSA) is 76.1 Å². The Balaban J connectivity index is 2.63. The van der Waals surface area contributed by atoms with Gasteiger partial charge in [-0.15, -0.1) is 0 Å². The van der Waals surface area contributed by atoms with Crippen LogP contribution in [-0.4, -0.2) is 41.0 Å². The number of rotatable bonds is 3. The molecular weight excluding hydrogens is 250 g/mol. The average molecular weight is 271 g/mol. The van der Waals surface area contributed by atoms with Crippen molar-refractivity contribution in [2.24, 2.45) is 5.92 Å². The minimum atomic E-state index is -1.15. The van der Waals surface area contributed by atoms with Crippen LogP contribution in [-0.2, 0) is 14.4 Å². The fourth-order valence-corrected chi connectivity index (χ4v) is 1.93. The van der Waals surface area contributed by atoms with Crippen molar-refractivity contribution in [2.75, 3.05) is 7.11 Å². The third-order valence-electron chi connectivity index (χ3n) is 2.73. The van der Waals surface area contributed by atoms with Gasteiger partial charge in [-0.3, -0.25) is 9.63 Å². The van der Waals surface area contributed by atoms with Crippen LogP contribution in [0, 0.1) is 5.92 Å². The SMILES string of the molecule is CON(C(=O)O)C1C=CC(C(=O)OC(C)(C)C)CC1. The molecule has 2 atom stereocenters. The average Bonchev–Trinajstić information content (AvgIpc) is 2.28. The predicted molar refractivity (Wildman–Crippen MR) is 68.4 cm³/mol. The molecule has 0 aromatic rings. The molecule has 0 aromatic carbocycles. The summed E-state index contributed by atoms with van der Waals surface area (Å²) in [7, 11) is 1.31. The molecule has 108 valence electrons. The molecule has 1 N–H and O–H groups in total. The lowest BCUT2D eigenvalue weighted by atomic mass is 9.92. The largest absolute Gasteiger partial charge is 0.463 e. The zero-order chi connectivity index (χ0) is 14.6. The summed E-state index contributed by atoms with van der Waals surface area (Å²) in [4.78, 5) is 27.6. The fraction of sp³-hybridized carbons (Fsp3) is 0.692. The van der Waals surface area contributed by atoms with Crippen molar-refractivity contribution >= 4 is 12.1 Å². The molecule has 19 heavy (non-hydrogen) atoms. The Morgan fingerprint density at radius 3 is 2.26 bits per heavy atom. The molecule has 1 aliphatic rings. The summed E-state index contributed by atoms with van der Waals surface area (Å²) < 4.78 is 5.30. The van der Waals surface area contributed by atoms with Gasteiger partial charge in [-0.2, -0.15) is 5.06 Å². The second-order valence-corrected chi connectivity index (χ2v) is 5.46. The molecule has 1 amide bonds.